The maximum absolute atomic E-state index is 11.1. The highest BCUT2D eigenvalue weighted by Gasteiger charge is 2.19. The van der Waals surface area contributed by atoms with Gasteiger partial charge in [-0.2, -0.15) is 0 Å². The molecule has 27 heavy (non-hydrogen) atoms. The maximum Gasteiger partial charge on any atom is 0.216 e. The lowest BCUT2D eigenvalue weighted by molar-refractivity contribution is -0.119. The Morgan fingerprint density at radius 1 is 1.19 bits per heavy atom. The Labute approximate surface area is 158 Å². The largest absolute Gasteiger partial charge is 0.490 e. The summed E-state index contributed by atoms with van der Waals surface area (Å²) in [6.07, 6.45) is -0.665. The maximum atomic E-state index is 11.1. The Kier molecular flexibility index (Phi) is 5.68. The third-order valence-corrected chi connectivity index (χ3v) is 4.52. The molecule has 0 spiro atoms. The van der Waals surface area contributed by atoms with Crippen molar-refractivity contribution >= 4 is 27.7 Å². The SMILES string of the molecule is CC(=O)NCC(C)(C)NCC(O)COc1cccc2[nH]c3ccccc3c12. The molecule has 0 saturated carbocycles. The van der Waals surface area contributed by atoms with Gasteiger partial charge in [0, 0.05) is 41.8 Å². The van der Waals surface area contributed by atoms with Gasteiger partial charge in [-0.05, 0) is 32.0 Å². The van der Waals surface area contributed by atoms with E-state index in [-0.39, 0.29) is 18.1 Å². The molecule has 0 fully saturated rings. The van der Waals surface area contributed by atoms with Crippen LogP contribution in [0.2, 0.25) is 0 Å². The number of carbonyl (C=O) groups excluding carboxylic acids is 1. The van der Waals surface area contributed by atoms with E-state index < -0.39 is 6.10 Å². The Hall–Kier alpha value is -2.57. The molecule has 0 aliphatic heterocycles. The molecule has 6 nitrogen and oxygen atoms in total. The highest BCUT2D eigenvalue weighted by molar-refractivity contribution is 6.10. The minimum Gasteiger partial charge on any atom is -0.490 e. The molecule has 1 unspecified atom stereocenters. The fourth-order valence-electron chi connectivity index (χ4n) is 3.04. The number of H-pyrrole nitrogens is 1. The molecule has 0 radical (unpaired) electrons. The quantitative estimate of drug-likeness (QED) is 0.492. The number of β-amino-alcohol motifs (C(OH)–C–C–N with tert-alkyl or cyclic N) is 1. The molecule has 0 aliphatic carbocycles. The van der Waals surface area contributed by atoms with Crippen molar-refractivity contribution in [2.75, 3.05) is 19.7 Å². The van der Waals surface area contributed by atoms with Crippen LogP contribution in [0.1, 0.15) is 20.8 Å². The van der Waals surface area contributed by atoms with Crippen LogP contribution >= 0.6 is 0 Å². The summed E-state index contributed by atoms with van der Waals surface area (Å²) in [5, 5.41) is 18.5. The predicted molar refractivity (Wildman–Crippen MR) is 108 cm³/mol. The average Bonchev–Trinajstić information content (AvgIpc) is 3.02. The van der Waals surface area contributed by atoms with E-state index in [0.717, 1.165) is 27.6 Å². The van der Waals surface area contributed by atoms with Crippen molar-refractivity contribution in [2.45, 2.75) is 32.4 Å². The monoisotopic (exact) mass is 369 g/mol. The van der Waals surface area contributed by atoms with E-state index in [4.69, 9.17) is 4.74 Å². The second kappa shape index (κ2) is 7.98. The normalized spacial score (nSPS) is 13.0. The topological polar surface area (TPSA) is 86.4 Å². The number of hydrogen-bond acceptors (Lipinski definition) is 4. The van der Waals surface area contributed by atoms with Crippen molar-refractivity contribution < 1.29 is 14.6 Å². The first-order valence-electron chi connectivity index (χ1n) is 9.15. The molecule has 144 valence electrons. The molecular formula is C21H27N3O3. The van der Waals surface area contributed by atoms with E-state index in [2.05, 4.69) is 21.7 Å². The number of rotatable bonds is 8. The van der Waals surface area contributed by atoms with Crippen LogP contribution in [0, 0.1) is 0 Å². The molecule has 0 saturated heterocycles. The van der Waals surface area contributed by atoms with Crippen molar-refractivity contribution in [1.29, 1.82) is 0 Å². The molecule has 1 atom stereocenters. The average molecular weight is 369 g/mol. The summed E-state index contributed by atoms with van der Waals surface area (Å²) in [6, 6.07) is 14.0. The smallest absolute Gasteiger partial charge is 0.216 e. The van der Waals surface area contributed by atoms with Gasteiger partial charge in [-0.15, -0.1) is 0 Å². The van der Waals surface area contributed by atoms with Crippen LogP contribution in [0.5, 0.6) is 5.75 Å². The van der Waals surface area contributed by atoms with Crippen LogP contribution < -0.4 is 15.4 Å². The second-order valence-corrected chi connectivity index (χ2v) is 7.49. The number of hydrogen-bond donors (Lipinski definition) is 4. The van der Waals surface area contributed by atoms with Gasteiger partial charge in [0.25, 0.3) is 0 Å². The third-order valence-electron chi connectivity index (χ3n) is 4.52. The number of benzene rings is 2. The van der Waals surface area contributed by atoms with Gasteiger partial charge < -0.3 is 25.5 Å². The summed E-state index contributed by atoms with van der Waals surface area (Å²) in [5.41, 5.74) is 1.76. The van der Waals surface area contributed by atoms with Crippen LogP contribution in [0.3, 0.4) is 0 Å². The number of aliphatic hydroxyl groups excluding tert-OH is 1. The molecule has 0 aliphatic rings. The van der Waals surface area contributed by atoms with Crippen LogP contribution in [-0.4, -0.2) is 47.3 Å². The Bertz CT molecular complexity index is 933. The molecule has 3 aromatic rings. The first kappa shape index (κ1) is 19.2. The number of ether oxygens (including phenoxy) is 1. The lowest BCUT2D eigenvalue weighted by Gasteiger charge is -2.28. The fourth-order valence-corrected chi connectivity index (χ4v) is 3.04. The van der Waals surface area contributed by atoms with Gasteiger partial charge in [0.2, 0.25) is 5.91 Å². The van der Waals surface area contributed by atoms with Crippen LogP contribution in [0.25, 0.3) is 21.8 Å². The van der Waals surface area contributed by atoms with Gasteiger partial charge in [-0.3, -0.25) is 4.79 Å². The predicted octanol–water partition coefficient (Wildman–Crippen LogP) is 2.57. The van der Waals surface area contributed by atoms with Gasteiger partial charge in [-0.25, -0.2) is 0 Å². The number of carbonyl (C=O) groups is 1. The zero-order valence-corrected chi connectivity index (χ0v) is 16.0. The van der Waals surface area contributed by atoms with Gasteiger partial charge in [0.1, 0.15) is 18.5 Å². The molecule has 0 bridgehead atoms. The molecule has 1 aromatic heterocycles. The minimum atomic E-state index is -0.665. The van der Waals surface area contributed by atoms with E-state index in [1.54, 1.807) is 0 Å². The van der Waals surface area contributed by atoms with Crippen molar-refractivity contribution in [3.8, 4) is 5.75 Å². The summed E-state index contributed by atoms with van der Waals surface area (Å²) in [7, 11) is 0. The summed E-state index contributed by atoms with van der Waals surface area (Å²) in [6.45, 7) is 6.49. The number of nitrogens with one attached hydrogen (secondary N) is 3. The molecule has 1 amide bonds. The number of fused-ring (bicyclic) bond motifs is 3. The van der Waals surface area contributed by atoms with Gasteiger partial charge in [0.05, 0.1) is 5.52 Å². The first-order valence-corrected chi connectivity index (χ1v) is 9.15. The molecule has 4 N–H and O–H groups in total. The fraction of sp³-hybridized carbons (Fsp3) is 0.381. The lowest BCUT2D eigenvalue weighted by Crippen LogP contribution is -2.51. The standard InChI is InChI=1S/C21H27N3O3/c1-14(25)22-13-21(2,3)23-11-15(26)12-27-19-10-6-9-18-20(19)16-7-4-5-8-17(16)24-18/h4-10,15,23-24,26H,11-13H2,1-3H3,(H,22,25). The number of aromatic nitrogens is 1. The number of para-hydroxylation sites is 1. The van der Waals surface area contributed by atoms with E-state index in [9.17, 15) is 9.90 Å². The Morgan fingerprint density at radius 2 is 1.93 bits per heavy atom. The van der Waals surface area contributed by atoms with Gasteiger partial charge >= 0.3 is 0 Å². The Balaban J connectivity index is 1.62. The number of amides is 1. The highest BCUT2D eigenvalue weighted by Crippen LogP contribution is 2.32. The van der Waals surface area contributed by atoms with Crippen molar-refractivity contribution in [3.63, 3.8) is 0 Å². The molecule has 6 heteroatoms. The highest BCUT2D eigenvalue weighted by atomic mass is 16.5. The van der Waals surface area contributed by atoms with Crippen LogP contribution in [-0.2, 0) is 4.79 Å². The van der Waals surface area contributed by atoms with Crippen LogP contribution in [0.4, 0.5) is 0 Å². The second-order valence-electron chi connectivity index (χ2n) is 7.49. The minimum absolute atomic E-state index is 0.0689. The van der Waals surface area contributed by atoms with Crippen LogP contribution in [0.15, 0.2) is 42.5 Å². The van der Waals surface area contributed by atoms with Gasteiger partial charge in [-0.1, -0.05) is 24.3 Å². The first-order chi connectivity index (χ1) is 12.9. The summed E-state index contributed by atoms with van der Waals surface area (Å²) in [4.78, 5) is 14.4. The van der Waals surface area contributed by atoms with E-state index >= 15 is 0 Å². The zero-order valence-electron chi connectivity index (χ0n) is 16.0. The molecular weight excluding hydrogens is 342 g/mol. The number of aromatic amines is 1. The van der Waals surface area contributed by atoms with E-state index in [1.165, 1.54) is 6.92 Å². The zero-order chi connectivity index (χ0) is 19.4. The molecule has 2 aromatic carbocycles. The van der Waals surface area contributed by atoms with E-state index in [1.807, 2.05) is 50.2 Å². The van der Waals surface area contributed by atoms with Gasteiger partial charge in [0.15, 0.2) is 0 Å². The Morgan fingerprint density at radius 3 is 2.70 bits per heavy atom. The van der Waals surface area contributed by atoms with Crippen molar-refractivity contribution in [1.82, 2.24) is 15.6 Å². The molecule has 3 rings (SSSR count). The lowest BCUT2D eigenvalue weighted by atomic mass is 10.1. The van der Waals surface area contributed by atoms with Crippen molar-refractivity contribution in [2.24, 2.45) is 0 Å². The summed E-state index contributed by atoms with van der Waals surface area (Å²) >= 11 is 0. The summed E-state index contributed by atoms with van der Waals surface area (Å²) in [5.74, 6) is 0.682. The molecule has 1 heterocycles. The summed E-state index contributed by atoms with van der Waals surface area (Å²) < 4.78 is 5.93. The third kappa shape index (κ3) is 4.78. The van der Waals surface area contributed by atoms with Crippen molar-refractivity contribution in [3.05, 3.63) is 42.5 Å². The van der Waals surface area contributed by atoms with E-state index in [0.29, 0.717) is 13.1 Å². The number of aliphatic hydroxyl groups is 1.